The van der Waals surface area contributed by atoms with Crippen molar-refractivity contribution in [1.29, 1.82) is 0 Å². The van der Waals surface area contributed by atoms with E-state index in [1.54, 1.807) is 0 Å². The number of piperidine rings is 1. The minimum absolute atomic E-state index is 0. The Morgan fingerprint density at radius 1 is 1.10 bits per heavy atom. The van der Waals surface area contributed by atoms with Gasteiger partial charge in [0.1, 0.15) is 0 Å². The van der Waals surface area contributed by atoms with Crippen molar-refractivity contribution in [3.05, 3.63) is 35.4 Å². The average molecular weight is 295 g/mol. The Balaban J connectivity index is 0.00000147. The van der Waals surface area contributed by atoms with E-state index in [1.165, 1.54) is 24.8 Å². The fourth-order valence-electron chi connectivity index (χ4n) is 2.86. The topological polar surface area (TPSA) is 41.1 Å². The molecule has 1 aromatic carbocycles. The Kier molecular flexibility index (Phi) is 5.44. The average Bonchev–Trinajstić information content (AvgIpc) is 2.44. The van der Waals surface area contributed by atoms with Crippen LogP contribution in [0, 0.1) is 0 Å². The lowest BCUT2D eigenvalue weighted by Gasteiger charge is -2.26. The Bertz CT molecular complexity index is 436. The predicted molar refractivity (Wildman–Crippen MR) is 83.6 cm³/mol. The summed E-state index contributed by atoms with van der Waals surface area (Å²) in [6, 6.07) is 8.59. The molecule has 2 fully saturated rings. The molecular formula is C16H23ClN2O. The van der Waals surface area contributed by atoms with Crippen LogP contribution < -0.4 is 10.6 Å². The van der Waals surface area contributed by atoms with Crippen molar-refractivity contribution in [1.82, 2.24) is 10.6 Å². The quantitative estimate of drug-likeness (QED) is 0.900. The van der Waals surface area contributed by atoms with Crippen LogP contribution in [0.3, 0.4) is 0 Å². The maximum absolute atomic E-state index is 12.0. The number of rotatable bonds is 3. The van der Waals surface area contributed by atoms with Crippen LogP contribution in [0.2, 0.25) is 0 Å². The maximum atomic E-state index is 12.0. The van der Waals surface area contributed by atoms with Crippen LogP contribution >= 0.6 is 12.4 Å². The van der Waals surface area contributed by atoms with E-state index in [4.69, 9.17) is 0 Å². The number of hydrogen-bond donors (Lipinski definition) is 2. The van der Waals surface area contributed by atoms with Crippen LogP contribution in [-0.4, -0.2) is 25.0 Å². The molecule has 0 aromatic heterocycles. The summed E-state index contributed by atoms with van der Waals surface area (Å²) in [5, 5.41) is 6.51. The van der Waals surface area contributed by atoms with Gasteiger partial charge in [-0.1, -0.05) is 12.1 Å². The van der Waals surface area contributed by atoms with E-state index in [1.807, 2.05) is 12.1 Å². The van der Waals surface area contributed by atoms with Gasteiger partial charge in [-0.05, 0) is 62.3 Å². The first-order chi connectivity index (χ1) is 9.33. The van der Waals surface area contributed by atoms with Crippen LogP contribution in [0.1, 0.15) is 53.9 Å². The molecule has 0 radical (unpaired) electrons. The van der Waals surface area contributed by atoms with Gasteiger partial charge in [0.25, 0.3) is 5.91 Å². The zero-order valence-electron chi connectivity index (χ0n) is 11.7. The fourth-order valence-corrected chi connectivity index (χ4v) is 2.86. The normalized spacial score (nSPS) is 22.5. The Labute approximate surface area is 126 Å². The highest BCUT2D eigenvalue weighted by atomic mass is 35.5. The first-order valence-corrected chi connectivity index (χ1v) is 7.44. The van der Waals surface area contributed by atoms with Crippen molar-refractivity contribution in [3.8, 4) is 0 Å². The molecule has 1 atom stereocenters. The number of nitrogens with one attached hydrogen (secondary N) is 2. The van der Waals surface area contributed by atoms with Crippen LogP contribution in [0.4, 0.5) is 0 Å². The lowest BCUT2D eigenvalue weighted by Crippen LogP contribution is -2.39. The van der Waals surface area contributed by atoms with Crippen molar-refractivity contribution in [2.75, 3.05) is 13.1 Å². The van der Waals surface area contributed by atoms with Gasteiger partial charge in [-0.3, -0.25) is 4.79 Å². The second-order valence-electron chi connectivity index (χ2n) is 5.77. The minimum Gasteiger partial charge on any atom is -0.349 e. The van der Waals surface area contributed by atoms with Crippen molar-refractivity contribution in [2.24, 2.45) is 0 Å². The standard InChI is InChI=1S/C16H22N2O.ClH/c19-16(18-15-4-1-5-15)13-8-6-12(7-9-13)14-3-2-10-17-11-14;/h6-9,14-15,17H,1-5,10-11H2,(H,18,19);1H. The Morgan fingerprint density at radius 2 is 1.85 bits per heavy atom. The third-order valence-corrected chi connectivity index (χ3v) is 4.38. The van der Waals surface area contributed by atoms with Crippen molar-refractivity contribution >= 4 is 18.3 Å². The zero-order valence-corrected chi connectivity index (χ0v) is 12.5. The van der Waals surface area contributed by atoms with Crippen LogP contribution in [-0.2, 0) is 0 Å². The second kappa shape index (κ2) is 7.09. The van der Waals surface area contributed by atoms with Gasteiger partial charge in [0.05, 0.1) is 0 Å². The van der Waals surface area contributed by atoms with Gasteiger partial charge < -0.3 is 10.6 Å². The number of halogens is 1. The Morgan fingerprint density at radius 3 is 2.40 bits per heavy atom. The first kappa shape index (κ1) is 15.3. The van der Waals surface area contributed by atoms with Gasteiger partial charge in [0.2, 0.25) is 0 Å². The number of hydrogen-bond acceptors (Lipinski definition) is 2. The van der Waals surface area contributed by atoms with E-state index in [0.29, 0.717) is 12.0 Å². The van der Waals surface area contributed by atoms with Gasteiger partial charge in [-0.25, -0.2) is 0 Å². The summed E-state index contributed by atoms with van der Waals surface area (Å²) in [6.07, 6.45) is 6.02. The number of carbonyl (C=O) groups is 1. The molecule has 2 N–H and O–H groups in total. The molecule has 3 nitrogen and oxygen atoms in total. The molecule has 4 heteroatoms. The highest BCUT2D eigenvalue weighted by Crippen LogP contribution is 2.23. The molecule has 2 aliphatic rings. The third kappa shape index (κ3) is 3.53. The van der Waals surface area contributed by atoms with E-state index in [9.17, 15) is 4.79 Å². The maximum Gasteiger partial charge on any atom is 0.251 e. The second-order valence-corrected chi connectivity index (χ2v) is 5.77. The lowest BCUT2D eigenvalue weighted by molar-refractivity contribution is 0.0917. The van der Waals surface area contributed by atoms with Gasteiger partial charge in [-0.15, -0.1) is 12.4 Å². The lowest BCUT2D eigenvalue weighted by atomic mass is 9.90. The molecule has 3 rings (SSSR count). The molecule has 1 aliphatic heterocycles. The molecule has 1 aromatic rings. The summed E-state index contributed by atoms with van der Waals surface area (Å²) >= 11 is 0. The van der Waals surface area contributed by atoms with E-state index < -0.39 is 0 Å². The van der Waals surface area contributed by atoms with Crippen molar-refractivity contribution < 1.29 is 4.79 Å². The van der Waals surface area contributed by atoms with Crippen LogP contribution in [0.25, 0.3) is 0 Å². The summed E-state index contributed by atoms with van der Waals surface area (Å²) in [5.74, 6) is 0.690. The number of amides is 1. The summed E-state index contributed by atoms with van der Waals surface area (Å²) in [6.45, 7) is 2.20. The SMILES string of the molecule is Cl.O=C(NC1CCC1)c1ccc(C2CCCNC2)cc1. The van der Waals surface area contributed by atoms with E-state index in [0.717, 1.165) is 31.5 Å². The monoisotopic (exact) mass is 294 g/mol. The fraction of sp³-hybridized carbons (Fsp3) is 0.562. The highest BCUT2D eigenvalue weighted by Gasteiger charge is 2.20. The van der Waals surface area contributed by atoms with Crippen molar-refractivity contribution in [2.45, 2.75) is 44.1 Å². The minimum atomic E-state index is 0. The molecule has 1 aliphatic carbocycles. The molecule has 110 valence electrons. The molecular weight excluding hydrogens is 272 g/mol. The predicted octanol–water partition coefficient (Wildman–Crippen LogP) is 2.86. The molecule has 1 amide bonds. The highest BCUT2D eigenvalue weighted by molar-refractivity contribution is 5.94. The van der Waals surface area contributed by atoms with Gasteiger partial charge in [-0.2, -0.15) is 0 Å². The van der Waals surface area contributed by atoms with E-state index in [2.05, 4.69) is 22.8 Å². The zero-order chi connectivity index (χ0) is 13.1. The summed E-state index contributed by atoms with van der Waals surface area (Å²) in [4.78, 5) is 12.0. The molecule has 1 heterocycles. The third-order valence-electron chi connectivity index (χ3n) is 4.38. The van der Waals surface area contributed by atoms with E-state index >= 15 is 0 Å². The summed E-state index contributed by atoms with van der Waals surface area (Å²) in [7, 11) is 0. The summed E-state index contributed by atoms with van der Waals surface area (Å²) in [5.41, 5.74) is 2.15. The van der Waals surface area contributed by atoms with Crippen LogP contribution in [0.5, 0.6) is 0 Å². The van der Waals surface area contributed by atoms with Crippen LogP contribution in [0.15, 0.2) is 24.3 Å². The summed E-state index contributed by atoms with van der Waals surface area (Å²) < 4.78 is 0. The molecule has 20 heavy (non-hydrogen) atoms. The van der Waals surface area contributed by atoms with Gasteiger partial charge in [0, 0.05) is 18.2 Å². The smallest absolute Gasteiger partial charge is 0.251 e. The first-order valence-electron chi connectivity index (χ1n) is 7.44. The van der Waals surface area contributed by atoms with Crippen molar-refractivity contribution in [3.63, 3.8) is 0 Å². The molecule has 0 spiro atoms. The van der Waals surface area contributed by atoms with E-state index in [-0.39, 0.29) is 18.3 Å². The number of carbonyl (C=O) groups excluding carboxylic acids is 1. The van der Waals surface area contributed by atoms with Gasteiger partial charge >= 0.3 is 0 Å². The van der Waals surface area contributed by atoms with Gasteiger partial charge in [0.15, 0.2) is 0 Å². The molecule has 1 unspecified atom stereocenters. The largest absolute Gasteiger partial charge is 0.349 e. The number of benzene rings is 1. The molecule has 1 saturated carbocycles. The molecule has 1 saturated heterocycles. The molecule has 0 bridgehead atoms. The Hall–Kier alpha value is -1.06.